The summed E-state index contributed by atoms with van der Waals surface area (Å²) in [6.45, 7) is 4.25. The van der Waals surface area contributed by atoms with Crippen LogP contribution in [0.5, 0.6) is 0 Å². The summed E-state index contributed by atoms with van der Waals surface area (Å²) in [5, 5.41) is 9.92. The van der Waals surface area contributed by atoms with E-state index >= 15 is 0 Å². The van der Waals surface area contributed by atoms with Gasteiger partial charge in [-0.3, -0.25) is 0 Å². The molecule has 3 atom stereocenters. The third-order valence-electron chi connectivity index (χ3n) is 3.97. The molecule has 1 aromatic rings. The first-order valence-corrected chi connectivity index (χ1v) is 9.01. The predicted molar refractivity (Wildman–Crippen MR) is 82.8 cm³/mol. The quantitative estimate of drug-likeness (QED) is 0.853. The molecule has 2 rings (SSSR count). The van der Waals surface area contributed by atoms with Gasteiger partial charge in [-0.05, 0) is 30.4 Å². The van der Waals surface area contributed by atoms with Gasteiger partial charge >= 0.3 is 0 Å². The Morgan fingerprint density at radius 3 is 2.30 bits per heavy atom. The zero-order valence-corrected chi connectivity index (χ0v) is 14.0. The number of halogens is 2. The van der Waals surface area contributed by atoms with Gasteiger partial charge in [0.05, 0.1) is 11.7 Å². The summed E-state index contributed by atoms with van der Waals surface area (Å²) in [7, 11) is -3.80. The van der Waals surface area contributed by atoms with Crippen molar-refractivity contribution in [1.82, 2.24) is 9.03 Å². The molecule has 0 saturated carbocycles. The van der Waals surface area contributed by atoms with E-state index in [1.165, 1.54) is 10.4 Å². The van der Waals surface area contributed by atoms with Gasteiger partial charge in [-0.1, -0.05) is 19.9 Å². The van der Waals surface area contributed by atoms with Crippen molar-refractivity contribution in [3.8, 4) is 0 Å². The molecular formula is C15H22F2N2O3S. The van der Waals surface area contributed by atoms with Crippen molar-refractivity contribution >= 4 is 10.2 Å². The Labute approximate surface area is 135 Å². The van der Waals surface area contributed by atoms with Crippen molar-refractivity contribution in [2.45, 2.75) is 26.4 Å². The van der Waals surface area contributed by atoms with Gasteiger partial charge in [-0.15, -0.1) is 0 Å². The third-order valence-corrected chi connectivity index (χ3v) is 5.48. The number of hydrogen-bond acceptors (Lipinski definition) is 3. The molecule has 1 fully saturated rings. The monoisotopic (exact) mass is 348 g/mol. The first-order valence-electron chi connectivity index (χ1n) is 7.57. The van der Waals surface area contributed by atoms with E-state index in [-0.39, 0.29) is 11.8 Å². The Kier molecular flexibility index (Phi) is 5.72. The van der Waals surface area contributed by atoms with Crippen molar-refractivity contribution < 1.29 is 22.3 Å². The van der Waals surface area contributed by atoms with E-state index in [9.17, 15) is 22.3 Å². The minimum Gasteiger partial charge on any atom is -0.387 e. The Bertz CT molecular complexity index is 624. The Balaban J connectivity index is 2.04. The Morgan fingerprint density at radius 2 is 1.78 bits per heavy atom. The maximum absolute atomic E-state index is 13.6. The second-order valence-corrected chi connectivity index (χ2v) is 8.02. The number of hydrogen-bond donors (Lipinski definition) is 2. The average molecular weight is 348 g/mol. The van der Waals surface area contributed by atoms with Gasteiger partial charge in [-0.25, -0.2) is 8.78 Å². The van der Waals surface area contributed by atoms with Gasteiger partial charge < -0.3 is 5.11 Å². The summed E-state index contributed by atoms with van der Waals surface area (Å²) < 4.78 is 55.3. The minimum absolute atomic E-state index is 0.240. The molecule has 8 heteroatoms. The van der Waals surface area contributed by atoms with Crippen LogP contribution in [-0.4, -0.2) is 37.5 Å². The first kappa shape index (κ1) is 18.3. The average Bonchev–Trinajstić information content (AvgIpc) is 2.44. The number of nitrogens with one attached hydrogen (secondary N) is 1. The van der Waals surface area contributed by atoms with Crippen molar-refractivity contribution in [2.24, 2.45) is 11.8 Å². The Morgan fingerprint density at radius 1 is 1.26 bits per heavy atom. The highest BCUT2D eigenvalue weighted by Gasteiger charge is 2.31. The fraction of sp³-hybridized carbons (Fsp3) is 0.600. The highest BCUT2D eigenvalue weighted by molar-refractivity contribution is 7.87. The molecule has 130 valence electrons. The maximum atomic E-state index is 13.6. The SMILES string of the molecule is C[C@@H]1C[C@@H](C)CN(S(=O)(=O)NC[C@H](O)c2c(F)cccc2F)C1. The number of aliphatic hydroxyl groups is 1. The Hall–Kier alpha value is -1.09. The van der Waals surface area contributed by atoms with Crippen LogP contribution in [0.3, 0.4) is 0 Å². The lowest BCUT2D eigenvalue weighted by atomic mass is 9.94. The van der Waals surface area contributed by atoms with Gasteiger partial charge in [0.15, 0.2) is 0 Å². The highest BCUT2D eigenvalue weighted by Crippen LogP contribution is 2.24. The van der Waals surface area contributed by atoms with Crippen LogP contribution in [0.2, 0.25) is 0 Å². The smallest absolute Gasteiger partial charge is 0.279 e. The van der Waals surface area contributed by atoms with Gasteiger partial charge in [0.25, 0.3) is 10.2 Å². The normalized spacial score (nSPS) is 24.6. The standard InChI is InChI=1S/C15H22F2N2O3S/c1-10-6-11(2)9-19(8-10)23(21,22)18-7-14(20)15-12(16)4-3-5-13(15)17/h3-5,10-11,14,18,20H,6-9H2,1-2H3/t10-,11-,14+/m1/s1. The molecule has 1 aromatic carbocycles. The summed E-state index contributed by atoms with van der Waals surface area (Å²) in [5.74, 6) is -1.33. The van der Waals surface area contributed by atoms with Crippen LogP contribution in [-0.2, 0) is 10.2 Å². The summed E-state index contributed by atoms with van der Waals surface area (Å²) in [6.07, 6.45) is -0.639. The molecule has 0 aliphatic carbocycles. The van der Waals surface area contributed by atoms with E-state index in [4.69, 9.17) is 0 Å². The van der Waals surface area contributed by atoms with Crippen LogP contribution in [0.4, 0.5) is 8.78 Å². The second kappa shape index (κ2) is 7.21. The number of piperidine rings is 1. The lowest BCUT2D eigenvalue weighted by molar-refractivity contribution is 0.169. The molecule has 2 N–H and O–H groups in total. The van der Waals surface area contributed by atoms with E-state index in [1.54, 1.807) is 0 Å². The molecule has 1 heterocycles. The molecular weight excluding hydrogens is 326 g/mol. The zero-order chi connectivity index (χ0) is 17.2. The molecule has 0 spiro atoms. The van der Waals surface area contributed by atoms with Crippen molar-refractivity contribution in [1.29, 1.82) is 0 Å². The van der Waals surface area contributed by atoms with Crippen LogP contribution in [0.15, 0.2) is 18.2 Å². The fourth-order valence-corrected chi connectivity index (χ4v) is 4.46. The van der Waals surface area contributed by atoms with Crippen LogP contribution < -0.4 is 4.72 Å². The summed E-state index contributed by atoms with van der Waals surface area (Å²) >= 11 is 0. The van der Waals surface area contributed by atoms with E-state index in [1.807, 2.05) is 13.8 Å². The van der Waals surface area contributed by atoms with Crippen LogP contribution >= 0.6 is 0 Å². The third kappa shape index (κ3) is 4.47. The van der Waals surface area contributed by atoms with Gasteiger partial charge in [0, 0.05) is 19.6 Å². The highest BCUT2D eigenvalue weighted by atomic mass is 32.2. The lowest BCUT2D eigenvalue weighted by Crippen LogP contribution is -2.48. The summed E-state index contributed by atoms with van der Waals surface area (Å²) in [4.78, 5) is 0. The van der Waals surface area contributed by atoms with Gasteiger partial charge in [-0.2, -0.15) is 17.4 Å². The number of aliphatic hydroxyl groups excluding tert-OH is 1. The van der Waals surface area contributed by atoms with E-state index < -0.39 is 40.1 Å². The number of rotatable bonds is 5. The largest absolute Gasteiger partial charge is 0.387 e. The molecule has 5 nitrogen and oxygen atoms in total. The molecule has 1 saturated heterocycles. The van der Waals surface area contributed by atoms with Crippen LogP contribution in [0, 0.1) is 23.5 Å². The van der Waals surface area contributed by atoms with Gasteiger partial charge in [0.1, 0.15) is 11.6 Å². The maximum Gasteiger partial charge on any atom is 0.279 e. The molecule has 0 amide bonds. The molecule has 23 heavy (non-hydrogen) atoms. The molecule has 0 unspecified atom stereocenters. The summed E-state index contributed by atoms with van der Waals surface area (Å²) in [6, 6.07) is 3.22. The zero-order valence-electron chi connectivity index (χ0n) is 13.2. The molecule has 1 aliphatic rings. The van der Waals surface area contributed by atoms with Crippen molar-refractivity contribution in [2.75, 3.05) is 19.6 Å². The number of benzene rings is 1. The van der Waals surface area contributed by atoms with Gasteiger partial charge in [0.2, 0.25) is 0 Å². The van der Waals surface area contributed by atoms with E-state index in [0.29, 0.717) is 13.1 Å². The second-order valence-electron chi connectivity index (χ2n) is 6.27. The predicted octanol–water partition coefficient (Wildman–Crippen LogP) is 1.81. The van der Waals surface area contributed by atoms with Crippen molar-refractivity contribution in [3.05, 3.63) is 35.4 Å². The van der Waals surface area contributed by atoms with E-state index in [0.717, 1.165) is 18.6 Å². The molecule has 1 aliphatic heterocycles. The molecule has 0 aromatic heterocycles. The molecule has 0 bridgehead atoms. The topological polar surface area (TPSA) is 69.6 Å². The lowest BCUT2D eigenvalue weighted by Gasteiger charge is -2.34. The minimum atomic E-state index is -3.80. The first-order chi connectivity index (χ1) is 10.7. The van der Waals surface area contributed by atoms with E-state index in [2.05, 4.69) is 4.72 Å². The molecule has 0 radical (unpaired) electrons. The van der Waals surface area contributed by atoms with Crippen molar-refractivity contribution in [3.63, 3.8) is 0 Å². The van der Waals surface area contributed by atoms with Crippen LogP contribution in [0.25, 0.3) is 0 Å². The number of nitrogens with zero attached hydrogens (tertiary/aromatic N) is 1. The summed E-state index contributed by atoms with van der Waals surface area (Å²) in [5.41, 5.74) is -0.532. The fourth-order valence-electron chi connectivity index (χ4n) is 3.01. The van der Waals surface area contributed by atoms with Crippen LogP contribution in [0.1, 0.15) is 31.9 Å².